The molecule has 3 aromatic rings. The highest BCUT2D eigenvalue weighted by atomic mass is 32.2. The molecule has 6 nitrogen and oxygen atoms in total. The molecule has 0 saturated heterocycles. The van der Waals surface area contributed by atoms with E-state index in [0.29, 0.717) is 24.8 Å². The van der Waals surface area contributed by atoms with Crippen LogP contribution in [0, 0.1) is 5.82 Å². The predicted octanol–water partition coefficient (Wildman–Crippen LogP) is 4.21. The molecule has 2 aromatic carbocycles. The van der Waals surface area contributed by atoms with Gasteiger partial charge >= 0.3 is 0 Å². The molecule has 1 heterocycles. The van der Waals surface area contributed by atoms with E-state index in [-0.39, 0.29) is 29.1 Å². The zero-order valence-electron chi connectivity index (χ0n) is 19.7. The van der Waals surface area contributed by atoms with Crippen LogP contribution in [0.2, 0.25) is 0 Å². The van der Waals surface area contributed by atoms with Gasteiger partial charge in [0, 0.05) is 23.6 Å². The van der Waals surface area contributed by atoms with Gasteiger partial charge in [0.1, 0.15) is 5.82 Å². The second-order valence-electron chi connectivity index (χ2n) is 9.10. The lowest BCUT2D eigenvalue weighted by Crippen LogP contribution is -2.46. The summed E-state index contributed by atoms with van der Waals surface area (Å²) in [5.74, 6) is -0.695. The maximum absolute atomic E-state index is 13.8. The summed E-state index contributed by atoms with van der Waals surface area (Å²) in [7, 11) is -3.46. The van der Waals surface area contributed by atoms with Crippen LogP contribution in [0.1, 0.15) is 56.0 Å². The van der Waals surface area contributed by atoms with Crippen LogP contribution in [-0.2, 0) is 22.9 Å². The van der Waals surface area contributed by atoms with Crippen molar-refractivity contribution >= 4 is 10.0 Å². The van der Waals surface area contributed by atoms with Gasteiger partial charge in [-0.05, 0) is 68.9 Å². The van der Waals surface area contributed by atoms with Gasteiger partial charge in [-0.2, -0.15) is 0 Å². The molecular weight excluding hydrogens is 453 g/mol. The third kappa shape index (κ3) is 5.13. The number of rotatable bonds is 7. The first-order chi connectivity index (χ1) is 16.2. The van der Waals surface area contributed by atoms with Crippen molar-refractivity contribution in [2.75, 3.05) is 5.75 Å². The fraction of sp³-hybridized carbons (Fsp3) is 0.385. The van der Waals surface area contributed by atoms with Crippen molar-refractivity contribution in [2.45, 2.75) is 58.0 Å². The molecule has 180 valence electrons. The molecule has 0 radical (unpaired) electrons. The summed E-state index contributed by atoms with van der Waals surface area (Å²) in [4.78, 5) is 18.0. The smallest absolute Gasteiger partial charge is 0.257 e. The Labute approximate surface area is 199 Å². The van der Waals surface area contributed by atoms with E-state index in [1.165, 1.54) is 12.1 Å². The van der Waals surface area contributed by atoms with Crippen molar-refractivity contribution in [1.82, 2.24) is 14.3 Å². The number of fused-ring (bicyclic) bond motifs is 1. The molecule has 2 atom stereocenters. The van der Waals surface area contributed by atoms with E-state index < -0.39 is 16.1 Å². The predicted molar refractivity (Wildman–Crippen MR) is 132 cm³/mol. The molecule has 1 aliphatic carbocycles. The normalized spacial score (nSPS) is 18.1. The lowest BCUT2D eigenvalue weighted by Gasteiger charge is -2.33. The van der Waals surface area contributed by atoms with Crippen molar-refractivity contribution in [3.63, 3.8) is 0 Å². The van der Waals surface area contributed by atoms with Crippen LogP contribution in [0.5, 0.6) is 0 Å². The summed E-state index contributed by atoms with van der Waals surface area (Å²) in [6, 6.07) is 13.7. The molecule has 0 bridgehead atoms. The SMILES string of the molecule is CCS(=O)(=O)N[C@H]1CCc2ncn(C(C)C)c(=O)c2[C@H]1Cc1cccc(-c2cccc(F)c2)c1. The van der Waals surface area contributed by atoms with Gasteiger partial charge in [-0.15, -0.1) is 0 Å². The van der Waals surface area contributed by atoms with Crippen molar-refractivity contribution in [2.24, 2.45) is 0 Å². The van der Waals surface area contributed by atoms with Gasteiger partial charge in [0.25, 0.3) is 5.56 Å². The summed E-state index contributed by atoms with van der Waals surface area (Å²) in [5.41, 5.74) is 3.77. The number of aromatic nitrogens is 2. The number of hydrogen-bond acceptors (Lipinski definition) is 4. The average molecular weight is 484 g/mol. The molecule has 8 heteroatoms. The zero-order chi connectivity index (χ0) is 24.5. The van der Waals surface area contributed by atoms with Gasteiger partial charge in [-0.25, -0.2) is 22.5 Å². The Morgan fingerprint density at radius 2 is 1.85 bits per heavy atom. The number of hydrogen-bond donors (Lipinski definition) is 1. The largest absolute Gasteiger partial charge is 0.296 e. The van der Waals surface area contributed by atoms with Crippen LogP contribution >= 0.6 is 0 Å². The van der Waals surface area contributed by atoms with Crippen LogP contribution in [0.15, 0.2) is 59.7 Å². The highest BCUT2D eigenvalue weighted by Gasteiger charge is 2.35. The molecule has 1 N–H and O–H groups in total. The van der Waals surface area contributed by atoms with Crippen LogP contribution in [0.3, 0.4) is 0 Å². The second-order valence-corrected chi connectivity index (χ2v) is 11.1. The first-order valence-electron chi connectivity index (χ1n) is 11.6. The van der Waals surface area contributed by atoms with Gasteiger partial charge in [0.05, 0.1) is 17.8 Å². The monoisotopic (exact) mass is 483 g/mol. The van der Waals surface area contributed by atoms with Gasteiger partial charge in [0.2, 0.25) is 10.0 Å². The van der Waals surface area contributed by atoms with Crippen molar-refractivity contribution in [3.8, 4) is 11.1 Å². The molecule has 0 spiro atoms. The third-order valence-corrected chi connectivity index (χ3v) is 7.89. The van der Waals surface area contributed by atoms with E-state index in [0.717, 1.165) is 22.4 Å². The van der Waals surface area contributed by atoms with Gasteiger partial charge < -0.3 is 0 Å². The summed E-state index contributed by atoms with van der Waals surface area (Å²) < 4.78 is 43.1. The lowest BCUT2D eigenvalue weighted by atomic mass is 9.78. The quantitative estimate of drug-likeness (QED) is 0.546. The molecule has 34 heavy (non-hydrogen) atoms. The molecule has 0 amide bonds. The second kappa shape index (κ2) is 9.80. The number of aryl methyl sites for hydroxylation is 1. The molecule has 1 aliphatic rings. The first-order valence-corrected chi connectivity index (χ1v) is 13.3. The zero-order valence-corrected chi connectivity index (χ0v) is 20.5. The van der Waals surface area contributed by atoms with E-state index in [4.69, 9.17) is 0 Å². The topological polar surface area (TPSA) is 81.1 Å². The van der Waals surface area contributed by atoms with Gasteiger partial charge in [-0.3, -0.25) is 9.36 Å². The van der Waals surface area contributed by atoms with Gasteiger partial charge in [0.15, 0.2) is 0 Å². The average Bonchev–Trinajstić information content (AvgIpc) is 2.80. The maximum Gasteiger partial charge on any atom is 0.257 e. The maximum atomic E-state index is 13.8. The highest BCUT2D eigenvalue weighted by molar-refractivity contribution is 7.89. The molecule has 4 rings (SSSR count). The van der Waals surface area contributed by atoms with E-state index in [9.17, 15) is 17.6 Å². The summed E-state index contributed by atoms with van der Waals surface area (Å²) >= 11 is 0. The van der Waals surface area contributed by atoms with Crippen molar-refractivity contribution in [3.05, 3.63) is 87.9 Å². The van der Waals surface area contributed by atoms with Crippen LogP contribution in [-0.4, -0.2) is 29.8 Å². The summed E-state index contributed by atoms with van der Waals surface area (Å²) in [6.45, 7) is 5.45. The van der Waals surface area contributed by atoms with Crippen molar-refractivity contribution < 1.29 is 12.8 Å². The summed E-state index contributed by atoms with van der Waals surface area (Å²) in [5, 5.41) is 0. The van der Waals surface area contributed by atoms with Crippen molar-refractivity contribution in [1.29, 1.82) is 0 Å². The molecule has 0 fully saturated rings. The van der Waals surface area contributed by atoms with E-state index in [1.807, 2.05) is 44.2 Å². The third-order valence-electron chi connectivity index (χ3n) is 6.47. The van der Waals surface area contributed by atoms with E-state index >= 15 is 0 Å². The van der Waals surface area contributed by atoms with Crippen LogP contribution < -0.4 is 10.3 Å². The molecule has 1 aromatic heterocycles. The Morgan fingerprint density at radius 1 is 1.15 bits per heavy atom. The number of nitrogens with one attached hydrogen (secondary N) is 1. The Hall–Kier alpha value is -2.84. The molecule has 0 saturated carbocycles. The Kier molecular flexibility index (Phi) is 7.00. The minimum Gasteiger partial charge on any atom is -0.296 e. The molecule has 0 aliphatic heterocycles. The van der Waals surface area contributed by atoms with Crippen LogP contribution in [0.4, 0.5) is 4.39 Å². The Balaban J connectivity index is 1.78. The summed E-state index contributed by atoms with van der Waals surface area (Å²) in [6.07, 6.45) is 3.16. The molecule has 0 unspecified atom stereocenters. The highest BCUT2D eigenvalue weighted by Crippen LogP contribution is 2.33. The number of benzene rings is 2. The van der Waals surface area contributed by atoms with E-state index in [1.54, 1.807) is 23.9 Å². The van der Waals surface area contributed by atoms with Crippen LogP contribution in [0.25, 0.3) is 11.1 Å². The number of nitrogens with zero attached hydrogens (tertiary/aromatic N) is 2. The first kappa shape index (κ1) is 24.3. The standard InChI is InChI=1S/C26H30FN3O3S/c1-4-34(32,33)29-23-11-12-24-25(26(31)30(16-28-24)17(2)3)22(23)14-18-7-5-8-19(13-18)20-9-6-10-21(27)15-20/h5-10,13,15-17,22-23,29H,4,11-12,14H2,1-3H3/t22-,23-/m0/s1. The number of halogens is 1. The molecular formula is C26H30FN3O3S. The van der Waals surface area contributed by atoms with E-state index in [2.05, 4.69) is 9.71 Å². The fourth-order valence-corrected chi connectivity index (χ4v) is 5.56. The minimum atomic E-state index is -3.46. The Morgan fingerprint density at radius 3 is 2.53 bits per heavy atom. The fourth-order valence-electron chi connectivity index (χ4n) is 4.65. The number of sulfonamides is 1. The minimum absolute atomic E-state index is 0.0264. The Bertz CT molecular complexity index is 1350. The lowest BCUT2D eigenvalue weighted by molar-refractivity contribution is 0.412. The van der Waals surface area contributed by atoms with Gasteiger partial charge in [-0.1, -0.05) is 36.4 Å².